The maximum atomic E-state index is 11.9. The lowest BCUT2D eigenvalue weighted by Gasteiger charge is -2.13. The van der Waals surface area contributed by atoms with Gasteiger partial charge >= 0.3 is 5.97 Å². The second kappa shape index (κ2) is 6.69. The molecule has 1 amide bonds. The van der Waals surface area contributed by atoms with E-state index >= 15 is 0 Å². The molecule has 0 bridgehead atoms. The van der Waals surface area contributed by atoms with Crippen molar-refractivity contribution in [3.63, 3.8) is 0 Å². The Labute approximate surface area is 122 Å². The molecule has 1 aromatic carbocycles. The molecule has 0 aliphatic heterocycles. The molecule has 110 valence electrons. The predicted octanol–water partition coefficient (Wildman–Crippen LogP) is 1.55. The van der Waals surface area contributed by atoms with Crippen molar-refractivity contribution in [2.45, 2.75) is 20.0 Å². The fourth-order valence-corrected chi connectivity index (χ4v) is 1.76. The summed E-state index contributed by atoms with van der Waals surface area (Å²) in [6.07, 6.45) is 4.81. The zero-order valence-electron chi connectivity index (χ0n) is 11.9. The van der Waals surface area contributed by atoms with Crippen LogP contribution in [0.1, 0.15) is 24.2 Å². The van der Waals surface area contributed by atoms with Crippen LogP contribution in [0, 0.1) is 0 Å². The van der Waals surface area contributed by atoms with E-state index in [0.717, 1.165) is 5.69 Å². The molecule has 0 aliphatic rings. The van der Waals surface area contributed by atoms with Crippen LogP contribution in [0.5, 0.6) is 0 Å². The molecular weight excluding hydrogens is 270 g/mol. The Bertz CT molecular complexity index is 606. The molecule has 1 atom stereocenters. The maximum absolute atomic E-state index is 11.9. The van der Waals surface area contributed by atoms with Crippen molar-refractivity contribution in [2.75, 3.05) is 6.54 Å². The Morgan fingerprint density at radius 2 is 2.05 bits per heavy atom. The molecule has 0 radical (unpaired) electrons. The van der Waals surface area contributed by atoms with E-state index in [1.54, 1.807) is 31.6 Å². The quantitative estimate of drug-likeness (QED) is 0.847. The van der Waals surface area contributed by atoms with Gasteiger partial charge in [0.1, 0.15) is 6.10 Å². The largest absolute Gasteiger partial charge is 0.457 e. The highest BCUT2D eigenvalue weighted by molar-refractivity contribution is 5.89. The molecule has 6 heteroatoms. The molecule has 2 rings (SSSR count). The van der Waals surface area contributed by atoms with Gasteiger partial charge in [0.05, 0.1) is 18.4 Å². The molecule has 1 aromatic heterocycles. The predicted molar refractivity (Wildman–Crippen MR) is 77.1 cm³/mol. The summed E-state index contributed by atoms with van der Waals surface area (Å²) in [5.41, 5.74) is 1.38. The fourth-order valence-electron chi connectivity index (χ4n) is 1.76. The summed E-state index contributed by atoms with van der Waals surface area (Å²) in [5.74, 6) is -0.562. The number of nitrogens with one attached hydrogen (secondary N) is 1. The lowest BCUT2D eigenvalue weighted by Crippen LogP contribution is -2.31. The van der Waals surface area contributed by atoms with Crippen LogP contribution in [-0.4, -0.2) is 34.1 Å². The summed E-state index contributed by atoms with van der Waals surface area (Å²) in [6, 6.07) is 7.03. The molecule has 2 aromatic rings. The van der Waals surface area contributed by atoms with Gasteiger partial charge in [-0.05, 0) is 31.2 Å². The maximum Gasteiger partial charge on any atom is 0.338 e. The number of rotatable bonds is 5. The molecule has 21 heavy (non-hydrogen) atoms. The monoisotopic (exact) mass is 287 g/mol. The number of ether oxygens (including phenoxy) is 1. The van der Waals surface area contributed by atoms with Crippen LogP contribution in [0.15, 0.2) is 43.0 Å². The number of hydrogen-bond donors (Lipinski definition) is 1. The van der Waals surface area contributed by atoms with Gasteiger partial charge in [0.15, 0.2) is 0 Å². The Balaban J connectivity index is 1.95. The summed E-state index contributed by atoms with van der Waals surface area (Å²) >= 11 is 0. The lowest BCUT2D eigenvalue weighted by atomic mass is 10.2. The van der Waals surface area contributed by atoms with E-state index in [4.69, 9.17) is 4.74 Å². The minimum atomic E-state index is -0.412. The van der Waals surface area contributed by atoms with Gasteiger partial charge in [0.25, 0.3) is 0 Å². The molecule has 1 heterocycles. The SMILES string of the molecule is CC(=O)NC[C@H](C)OC(=O)c1ccc(-n2ccnc2)cc1. The molecule has 6 nitrogen and oxygen atoms in total. The third kappa shape index (κ3) is 4.17. The average molecular weight is 287 g/mol. The van der Waals surface area contributed by atoms with Gasteiger partial charge < -0.3 is 14.6 Å². The number of esters is 1. The van der Waals surface area contributed by atoms with Crippen molar-refractivity contribution in [1.82, 2.24) is 14.9 Å². The van der Waals surface area contributed by atoms with Gasteiger partial charge in [-0.25, -0.2) is 9.78 Å². The molecule has 0 fully saturated rings. The minimum absolute atomic E-state index is 0.150. The average Bonchev–Trinajstić information content (AvgIpc) is 2.99. The molecule has 1 N–H and O–H groups in total. The van der Waals surface area contributed by atoms with Crippen molar-refractivity contribution in [3.05, 3.63) is 48.5 Å². The third-order valence-electron chi connectivity index (χ3n) is 2.85. The van der Waals surface area contributed by atoms with Crippen LogP contribution in [0.2, 0.25) is 0 Å². The van der Waals surface area contributed by atoms with Crippen LogP contribution < -0.4 is 5.32 Å². The van der Waals surface area contributed by atoms with Crippen molar-refractivity contribution in [2.24, 2.45) is 0 Å². The van der Waals surface area contributed by atoms with Crippen LogP contribution in [0.25, 0.3) is 5.69 Å². The Hall–Kier alpha value is -2.63. The molecule has 0 unspecified atom stereocenters. The first-order valence-corrected chi connectivity index (χ1v) is 6.60. The number of hydrogen-bond acceptors (Lipinski definition) is 4. The number of nitrogens with zero attached hydrogens (tertiary/aromatic N) is 2. The van der Waals surface area contributed by atoms with Crippen LogP contribution in [0.3, 0.4) is 0 Å². The number of imidazole rings is 1. The standard InChI is InChI=1S/C15H17N3O3/c1-11(9-17-12(2)19)21-15(20)13-3-5-14(6-4-13)18-8-7-16-10-18/h3-8,10-11H,9H2,1-2H3,(H,17,19)/t11-/m0/s1. The first kappa shape index (κ1) is 14.8. The van der Waals surface area contributed by atoms with Gasteiger partial charge in [0, 0.05) is 25.0 Å². The van der Waals surface area contributed by atoms with E-state index in [2.05, 4.69) is 10.3 Å². The topological polar surface area (TPSA) is 73.2 Å². The van der Waals surface area contributed by atoms with Gasteiger partial charge in [0.2, 0.25) is 5.91 Å². The summed E-state index contributed by atoms with van der Waals surface area (Å²) in [4.78, 5) is 26.7. The minimum Gasteiger partial charge on any atom is -0.457 e. The van der Waals surface area contributed by atoms with E-state index in [9.17, 15) is 9.59 Å². The Morgan fingerprint density at radius 3 is 2.62 bits per heavy atom. The summed E-state index contributed by atoms with van der Waals surface area (Å²) < 4.78 is 7.09. The molecule has 0 spiro atoms. The third-order valence-corrected chi connectivity index (χ3v) is 2.85. The molecule has 0 saturated carbocycles. The molecular formula is C15H17N3O3. The second-order valence-electron chi connectivity index (χ2n) is 4.67. The number of carbonyl (C=O) groups is 2. The molecule has 0 saturated heterocycles. The summed E-state index contributed by atoms with van der Waals surface area (Å²) in [7, 11) is 0. The zero-order valence-corrected chi connectivity index (χ0v) is 11.9. The Kier molecular flexibility index (Phi) is 4.71. The van der Waals surface area contributed by atoms with Crippen LogP contribution in [-0.2, 0) is 9.53 Å². The normalized spacial score (nSPS) is 11.7. The highest BCUT2D eigenvalue weighted by atomic mass is 16.5. The first-order chi connectivity index (χ1) is 10.1. The van der Waals surface area contributed by atoms with Gasteiger partial charge in [-0.1, -0.05) is 0 Å². The Morgan fingerprint density at radius 1 is 1.33 bits per heavy atom. The fraction of sp³-hybridized carbons (Fsp3) is 0.267. The smallest absolute Gasteiger partial charge is 0.338 e. The summed E-state index contributed by atoms with van der Waals surface area (Å²) in [6.45, 7) is 3.45. The highest BCUT2D eigenvalue weighted by Gasteiger charge is 2.12. The zero-order chi connectivity index (χ0) is 15.2. The lowest BCUT2D eigenvalue weighted by molar-refractivity contribution is -0.119. The van der Waals surface area contributed by atoms with Crippen LogP contribution in [0.4, 0.5) is 0 Å². The van der Waals surface area contributed by atoms with Crippen LogP contribution >= 0.6 is 0 Å². The van der Waals surface area contributed by atoms with Crippen molar-refractivity contribution >= 4 is 11.9 Å². The van der Waals surface area contributed by atoms with Gasteiger partial charge in [-0.3, -0.25) is 4.79 Å². The van der Waals surface area contributed by atoms with Crippen molar-refractivity contribution in [3.8, 4) is 5.69 Å². The number of amides is 1. The van der Waals surface area contributed by atoms with E-state index in [1.807, 2.05) is 22.9 Å². The highest BCUT2D eigenvalue weighted by Crippen LogP contribution is 2.11. The van der Waals surface area contributed by atoms with E-state index in [-0.39, 0.29) is 12.0 Å². The first-order valence-electron chi connectivity index (χ1n) is 6.60. The number of carbonyl (C=O) groups excluding carboxylic acids is 2. The van der Waals surface area contributed by atoms with E-state index in [1.165, 1.54) is 6.92 Å². The van der Waals surface area contributed by atoms with Crippen molar-refractivity contribution < 1.29 is 14.3 Å². The van der Waals surface area contributed by atoms with Gasteiger partial charge in [-0.15, -0.1) is 0 Å². The van der Waals surface area contributed by atoms with Crippen molar-refractivity contribution in [1.29, 1.82) is 0 Å². The second-order valence-corrected chi connectivity index (χ2v) is 4.67. The number of benzene rings is 1. The van der Waals surface area contributed by atoms with Gasteiger partial charge in [-0.2, -0.15) is 0 Å². The van der Waals surface area contributed by atoms with E-state index < -0.39 is 5.97 Å². The summed E-state index contributed by atoms with van der Waals surface area (Å²) in [5, 5.41) is 2.60. The van der Waals surface area contributed by atoms with E-state index in [0.29, 0.717) is 12.1 Å². The number of aromatic nitrogens is 2. The molecule has 0 aliphatic carbocycles.